The largest absolute Gasteiger partial charge is 0.497 e. The molecule has 0 aromatic heterocycles. The number of amides is 2. The lowest BCUT2D eigenvalue weighted by Crippen LogP contribution is -2.52. The average Bonchev–Trinajstić information content (AvgIpc) is 3.05. The van der Waals surface area contributed by atoms with E-state index in [0.717, 1.165) is 15.4 Å². The van der Waals surface area contributed by atoms with Gasteiger partial charge in [0.25, 0.3) is 10.0 Å². The first kappa shape index (κ1) is 36.0. The number of benzene rings is 3. The van der Waals surface area contributed by atoms with Gasteiger partial charge >= 0.3 is 0 Å². The fourth-order valence-corrected chi connectivity index (χ4v) is 6.39. The van der Waals surface area contributed by atoms with Gasteiger partial charge in [0.05, 0.1) is 39.0 Å². The molecule has 46 heavy (non-hydrogen) atoms. The van der Waals surface area contributed by atoms with E-state index in [1.165, 1.54) is 57.6 Å². The van der Waals surface area contributed by atoms with Crippen LogP contribution in [0.3, 0.4) is 0 Å². The first-order valence-electron chi connectivity index (χ1n) is 15.0. The highest BCUT2D eigenvalue weighted by atomic mass is 32.2. The molecule has 11 nitrogen and oxygen atoms in total. The SMILES string of the molecule is CC[C@@H](C(=O)NCC(C)C)N(Cc1cccc(C)c1)C(=O)CN(c1cc(OC)ccc1OC)S(=O)(=O)c1ccc(OC)c(OC)c1. The summed E-state index contributed by atoms with van der Waals surface area (Å²) in [4.78, 5) is 29.2. The molecule has 0 spiro atoms. The molecule has 1 atom stereocenters. The predicted octanol–water partition coefficient (Wildman–Crippen LogP) is 4.80. The quantitative estimate of drug-likeness (QED) is 0.233. The van der Waals surface area contributed by atoms with Crippen molar-refractivity contribution in [2.75, 3.05) is 45.8 Å². The molecule has 0 aliphatic carbocycles. The molecule has 0 saturated carbocycles. The molecule has 1 N–H and O–H groups in total. The molecule has 0 aliphatic heterocycles. The fourth-order valence-electron chi connectivity index (χ4n) is 4.96. The van der Waals surface area contributed by atoms with Crippen LogP contribution in [0, 0.1) is 12.8 Å². The second-order valence-electron chi connectivity index (χ2n) is 11.1. The summed E-state index contributed by atoms with van der Waals surface area (Å²) in [6.07, 6.45) is 0.312. The monoisotopic (exact) mass is 655 g/mol. The number of sulfonamides is 1. The summed E-state index contributed by atoms with van der Waals surface area (Å²) in [7, 11) is 1.27. The van der Waals surface area contributed by atoms with Gasteiger partial charge in [0, 0.05) is 25.2 Å². The molecule has 3 aromatic carbocycles. The molecular formula is C34H45N3O8S. The Bertz CT molecular complexity index is 1610. The summed E-state index contributed by atoms with van der Waals surface area (Å²) in [6, 6.07) is 15.6. The molecule has 250 valence electrons. The molecular weight excluding hydrogens is 610 g/mol. The number of anilines is 1. The van der Waals surface area contributed by atoms with E-state index in [0.29, 0.717) is 24.5 Å². The molecule has 0 radical (unpaired) electrons. The molecule has 0 saturated heterocycles. The van der Waals surface area contributed by atoms with E-state index in [1.807, 2.05) is 52.0 Å². The summed E-state index contributed by atoms with van der Waals surface area (Å²) in [5.74, 6) is 0.390. The molecule has 3 aromatic rings. The van der Waals surface area contributed by atoms with Crippen molar-refractivity contribution >= 4 is 27.5 Å². The van der Waals surface area contributed by atoms with Gasteiger partial charge in [-0.25, -0.2) is 8.42 Å². The topological polar surface area (TPSA) is 124 Å². The maximum Gasteiger partial charge on any atom is 0.265 e. The number of methoxy groups -OCH3 is 4. The number of nitrogens with zero attached hydrogens (tertiary/aromatic N) is 2. The van der Waals surface area contributed by atoms with Crippen LogP contribution in [0.25, 0.3) is 0 Å². The highest BCUT2D eigenvalue weighted by Crippen LogP contribution is 2.38. The van der Waals surface area contributed by atoms with Crippen LogP contribution in [0.5, 0.6) is 23.0 Å². The van der Waals surface area contributed by atoms with Gasteiger partial charge in [-0.3, -0.25) is 13.9 Å². The standard InChI is InChI=1S/C34H45N3O8S/c1-9-28(34(39)35-20-23(2)3)36(21-25-12-10-11-24(4)17-25)33(38)22-37(29-18-26(42-5)13-15-30(29)43-6)46(40,41)27-14-16-31(44-7)32(19-27)45-8/h10-19,23,28H,9,20-22H2,1-8H3,(H,35,39)/t28-/m0/s1. The molecule has 3 rings (SSSR count). The number of hydrogen-bond acceptors (Lipinski definition) is 8. The van der Waals surface area contributed by atoms with Gasteiger partial charge in [-0.05, 0) is 49.1 Å². The van der Waals surface area contributed by atoms with Gasteiger partial charge in [-0.1, -0.05) is 50.6 Å². The lowest BCUT2D eigenvalue weighted by atomic mass is 10.1. The minimum atomic E-state index is -4.44. The zero-order chi connectivity index (χ0) is 34.0. The summed E-state index contributed by atoms with van der Waals surface area (Å²) in [6.45, 7) is 7.61. The van der Waals surface area contributed by atoms with Crippen LogP contribution in [0.2, 0.25) is 0 Å². The summed E-state index contributed by atoms with van der Waals surface area (Å²) < 4.78 is 51.5. The number of ether oxygens (including phenoxy) is 4. The van der Waals surface area contributed by atoms with E-state index in [-0.39, 0.29) is 40.5 Å². The molecule has 0 unspecified atom stereocenters. The van der Waals surface area contributed by atoms with E-state index >= 15 is 0 Å². The Morgan fingerprint density at radius 1 is 0.848 bits per heavy atom. The van der Waals surface area contributed by atoms with Crippen LogP contribution in [0.1, 0.15) is 38.3 Å². The maximum absolute atomic E-state index is 14.5. The van der Waals surface area contributed by atoms with E-state index in [9.17, 15) is 18.0 Å². The van der Waals surface area contributed by atoms with Crippen LogP contribution < -0.4 is 28.6 Å². The summed E-state index contributed by atoms with van der Waals surface area (Å²) in [5, 5.41) is 2.94. The van der Waals surface area contributed by atoms with E-state index in [2.05, 4.69) is 5.32 Å². The third kappa shape index (κ3) is 8.63. The second-order valence-corrected chi connectivity index (χ2v) is 13.0. The van der Waals surface area contributed by atoms with Gasteiger partial charge in [-0.2, -0.15) is 0 Å². The van der Waals surface area contributed by atoms with Crippen molar-refractivity contribution in [3.63, 3.8) is 0 Å². The van der Waals surface area contributed by atoms with Crippen LogP contribution >= 0.6 is 0 Å². The second kappa shape index (κ2) is 16.2. The van der Waals surface area contributed by atoms with Crippen LogP contribution in [-0.4, -0.2) is 72.7 Å². The van der Waals surface area contributed by atoms with Crippen molar-refractivity contribution in [1.82, 2.24) is 10.2 Å². The van der Waals surface area contributed by atoms with Crippen LogP contribution in [0.15, 0.2) is 65.6 Å². The Hall–Kier alpha value is -4.45. The van der Waals surface area contributed by atoms with E-state index < -0.39 is 28.5 Å². The van der Waals surface area contributed by atoms with Crippen molar-refractivity contribution in [2.45, 2.75) is 51.6 Å². The van der Waals surface area contributed by atoms with Crippen molar-refractivity contribution < 1.29 is 37.0 Å². The number of carbonyl (C=O) groups is 2. The number of nitrogens with one attached hydrogen (secondary N) is 1. The Morgan fingerprint density at radius 2 is 1.52 bits per heavy atom. The number of aryl methyl sites for hydroxylation is 1. The first-order chi connectivity index (χ1) is 21.9. The molecule has 12 heteroatoms. The van der Waals surface area contributed by atoms with Crippen LogP contribution in [-0.2, 0) is 26.2 Å². The van der Waals surface area contributed by atoms with Crippen molar-refractivity contribution in [2.24, 2.45) is 5.92 Å². The Morgan fingerprint density at radius 3 is 2.11 bits per heavy atom. The first-order valence-corrected chi connectivity index (χ1v) is 16.4. The Kier molecular flexibility index (Phi) is 12.7. The average molecular weight is 656 g/mol. The minimum absolute atomic E-state index is 0.0813. The fraction of sp³-hybridized carbons (Fsp3) is 0.412. The zero-order valence-electron chi connectivity index (χ0n) is 27.8. The number of carbonyl (C=O) groups excluding carboxylic acids is 2. The highest BCUT2D eigenvalue weighted by molar-refractivity contribution is 7.92. The lowest BCUT2D eigenvalue weighted by Gasteiger charge is -2.33. The van der Waals surface area contributed by atoms with Gasteiger partial charge in [0.1, 0.15) is 24.1 Å². The number of rotatable bonds is 16. The third-order valence-corrected chi connectivity index (χ3v) is 9.14. The smallest absolute Gasteiger partial charge is 0.265 e. The Labute approximate surface area is 272 Å². The Balaban J connectivity index is 2.19. The lowest BCUT2D eigenvalue weighted by molar-refractivity contribution is -0.140. The molecule has 0 fully saturated rings. The van der Waals surface area contributed by atoms with Gasteiger partial charge in [0.2, 0.25) is 11.8 Å². The van der Waals surface area contributed by atoms with E-state index in [1.54, 1.807) is 12.1 Å². The van der Waals surface area contributed by atoms with Crippen LogP contribution in [0.4, 0.5) is 5.69 Å². The van der Waals surface area contributed by atoms with Crippen molar-refractivity contribution in [3.05, 3.63) is 71.8 Å². The van der Waals surface area contributed by atoms with E-state index in [4.69, 9.17) is 18.9 Å². The normalized spacial score (nSPS) is 11.8. The summed E-state index contributed by atoms with van der Waals surface area (Å²) >= 11 is 0. The van der Waals surface area contributed by atoms with Gasteiger partial charge < -0.3 is 29.2 Å². The molecule has 0 aliphatic rings. The summed E-state index contributed by atoms with van der Waals surface area (Å²) in [5.41, 5.74) is 1.87. The maximum atomic E-state index is 14.5. The van der Waals surface area contributed by atoms with Gasteiger partial charge in [0.15, 0.2) is 11.5 Å². The zero-order valence-corrected chi connectivity index (χ0v) is 28.6. The van der Waals surface area contributed by atoms with Crippen molar-refractivity contribution in [3.8, 4) is 23.0 Å². The molecule has 0 heterocycles. The predicted molar refractivity (Wildman–Crippen MR) is 177 cm³/mol. The highest BCUT2D eigenvalue weighted by Gasteiger charge is 2.35. The number of hydrogen-bond donors (Lipinski definition) is 1. The third-order valence-electron chi connectivity index (χ3n) is 7.38. The molecule has 2 amide bonds. The van der Waals surface area contributed by atoms with Crippen molar-refractivity contribution in [1.29, 1.82) is 0 Å². The molecule has 0 bridgehead atoms. The van der Waals surface area contributed by atoms with Gasteiger partial charge in [-0.15, -0.1) is 0 Å². The minimum Gasteiger partial charge on any atom is -0.497 e.